The second-order valence-electron chi connectivity index (χ2n) is 5.78. The zero-order chi connectivity index (χ0) is 16.1. The molecule has 23 heavy (non-hydrogen) atoms. The minimum absolute atomic E-state index is 0.465. The molecule has 1 saturated heterocycles. The van der Waals surface area contributed by atoms with E-state index in [2.05, 4.69) is 11.0 Å². The smallest absolute Gasteiger partial charge is 0.119 e. The van der Waals surface area contributed by atoms with Crippen molar-refractivity contribution in [1.82, 2.24) is 4.90 Å². The second kappa shape index (κ2) is 7.59. The van der Waals surface area contributed by atoms with Crippen LogP contribution in [0, 0.1) is 0 Å². The first kappa shape index (κ1) is 16.0. The third-order valence-corrected chi connectivity index (χ3v) is 4.23. The van der Waals surface area contributed by atoms with Crippen LogP contribution in [-0.4, -0.2) is 50.0 Å². The van der Waals surface area contributed by atoms with E-state index in [0.717, 1.165) is 48.7 Å². The highest BCUT2D eigenvalue weighted by molar-refractivity contribution is 5.65. The number of methoxy groups -OCH3 is 1. The number of β-amino-alcohol motifs (C(OH)–C–C–N with tert-alkyl or cyclic N) is 1. The molecule has 1 N–H and O–H groups in total. The van der Waals surface area contributed by atoms with Crippen LogP contribution < -0.4 is 4.74 Å². The molecule has 3 rings (SSSR count). The molecule has 0 bridgehead atoms. The van der Waals surface area contributed by atoms with Gasteiger partial charge in [0.05, 0.1) is 26.4 Å². The molecule has 0 aliphatic carbocycles. The van der Waals surface area contributed by atoms with Gasteiger partial charge in [-0.1, -0.05) is 36.4 Å². The monoisotopic (exact) mass is 313 g/mol. The number of benzene rings is 2. The van der Waals surface area contributed by atoms with Gasteiger partial charge in [0, 0.05) is 19.6 Å². The van der Waals surface area contributed by atoms with Crippen molar-refractivity contribution in [1.29, 1.82) is 0 Å². The fourth-order valence-corrected chi connectivity index (χ4v) is 2.83. The van der Waals surface area contributed by atoms with Gasteiger partial charge in [-0.25, -0.2) is 0 Å². The number of hydrogen-bond donors (Lipinski definition) is 1. The molecule has 0 radical (unpaired) electrons. The van der Waals surface area contributed by atoms with E-state index in [1.54, 1.807) is 7.11 Å². The molecule has 1 aliphatic rings. The van der Waals surface area contributed by atoms with Crippen LogP contribution in [0.15, 0.2) is 48.5 Å². The van der Waals surface area contributed by atoms with Gasteiger partial charge in [0.2, 0.25) is 0 Å². The Balaban J connectivity index is 1.68. The number of hydrogen-bond acceptors (Lipinski definition) is 4. The topological polar surface area (TPSA) is 41.9 Å². The third kappa shape index (κ3) is 4.10. The number of aliphatic hydroxyl groups is 1. The lowest BCUT2D eigenvalue weighted by atomic mass is 10.0. The molecule has 0 amide bonds. The molecule has 1 aliphatic heterocycles. The van der Waals surface area contributed by atoms with Crippen LogP contribution in [0.25, 0.3) is 11.1 Å². The Morgan fingerprint density at radius 3 is 2.52 bits per heavy atom. The van der Waals surface area contributed by atoms with E-state index in [-0.39, 0.29) is 0 Å². The minimum Gasteiger partial charge on any atom is -0.497 e. The number of ether oxygens (including phenoxy) is 2. The molecule has 4 heteroatoms. The zero-order valence-electron chi connectivity index (χ0n) is 13.4. The summed E-state index contributed by atoms with van der Waals surface area (Å²) in [5, 5.41) is 10.4. The molecule has 4 nitrogen and oxygen atoms in total. The normalized spacial score (nSPS) is 17.0. The average Bonchev–Trinajstić information content (AvgIpc) is 2.63. The lowest BCUT2D eigenvalue weighted by molar-refractivity contribution is 0.0143. The van der Waals surface area contributed by atoms with E-state index in [0.29, 0.717) is 6.54 Å². The van der Waals surface area contributed by atoms with Gasteiger partial charge in [0.1, 0.15) is 5.75 Å². The predicted molar refractivity (Wildman–Crippen MR) is 90.6 cm³/mol. The summed E-state index contributed by atoms with van der Waals surface area (Å²) in [6, 6.07) is 16.1. The lowest BCUT2D eigenvalue weighted by Crippen LogP contribution is -2.38. The SMILES string of the molecule is COc1cccc(-c2ccc(C(O)CN3CCOCC3)cc2)c1. The molecule has 0 saturated carbocycles. The number of nitrogens with zero attached hydrogens (tertiary/aromatic N) is 1. The van der Waals surface area contributed by atoms with Gasteiger partial charge in [0.25, 0.3) is 0 Å². The summed E-state index contributed by atoms with van der Waals surface area (Å²) in [7, 11) is 1.67. The maximum Gasteiger partial charge on any atom is 0.119 e. The summed E-state index contributed by atoms with van der Waals surface area (Å²) in [6.45, 7) is 3.93. The van der Waals surface area contributed by atoms with Gasteiger partial charge in [-0.15, -0.1) is 0 Å². The van der Waals surface area contributed by atoms with Crippen molar-refractivity contribution in [3.63, 3.8) is 0 Å². The van der Waals surface area contributed by atoms with Crippen molar-refractivity contribution in [3.8, 4) is 16.9 Å². The van der Waals surface area contributed by atoms with Crippen LogP contribution in [-0.2, 0) is 4.74 Å². The summed E-state index contributed by atoms with van der Waals surface area (Å²) in [5.41, 5.74) is 3.17. The molecule has 0 spiro atoms. The van der Waals surface area contributed by atoms with E-state index in [1.807, 2.05) is 42.5 Å². The predicted octanol–water partition coefficient (Wildman–Crippen LogP) is 2.73. The summed E-state index contributed by atoms with van der Waals surface area (Å²) in [4.78, 5) is 2.24. The molecule has 122 valence electrons. The van der Waals surface area contributed by atoms with E-state index in [4.69, 9.17) is 9.47 Å². The van der Waals surface area contributed by atoms with E-state index >= 15 is 0 Å². The number of rotatable bonds is 5. The van der Waals surface area contributed by atoms with Gasteiger partial charge in [-0.05, 0) is 28.8 Å². The Kier molecular flexibility index (Phi) is 5.28. The van der Waals surface area contributed by atoms with Crippen molar-refractivity contribution in [2.45, 2.75) is 6.10 Å². The van der Waals surface area contributed by atoms with E-state index in [9.17, 15) is 5.11 Å². The molecule has 2 aromatic rings. The zero-order valence-corrected chi connectivity index (χ0v) is 13.4. The minimum atomic E-state index is -0.465. The molecule has 1 unspecified atom stereocenters. The standard InChI is InChI=1S/C19H23NO3/c1-22-18-4-2-3-17(13-18)15-5-7-16(8-6-15)19(21)14-20-9-11-23-12-10-20/h2-8,13,19,21H,9-12,14H2,1H3. The first-order valence-corrected chi connectivity index (χ1v) is 7.99. The number of aliphatic hydroxyl groups excluding tert-OH is 1. The van der Waals surface area contributed by atoms with Gasteiger partial charge in [-0.3, -0.25) is 4.90 Å². The van der Waals surface area contributed by atoms with Gasteiger partial charge in [-0.2, -0.15) is 0 Å². The van der Waals surface area contributed by atoms with Crippen LogP contribution in [0.3, 0.4) is 0 Å². The summed E-state index contributed by atoms with van der Waals surface area (Å²) < 4.78 is 10.6. The summed E-state index contributed by atoms with van der Waals surface area (Å²) >= 11 is 0. The fraction of sp³-hybridized carbons (Fsp3) is 0.368. The van der Waals surface area contributed by atoms with E-state index in [1.165, 1.54) is 0 Å². The highest BCUT2D eigenvalue weighted by atomic mass is 16.5. The van der Waals surface area contributed by atoms with Gasteiger partial charge >= 0.3 is 0 Å². The Morgan fingerprint density at radius 1 is 1.09 bits per heavy atom. The maximum atomic E-state index is 10.4. The second-order valence-corrected chi connectivity index (χ2v) is 5.78. The Bertz CT molecular complexity index is 621. The molecule has 1 heterocycles. The maximum absolute atomic E-state index is 10.4. The summed E-state index contributed by atoms with van der Waals surface area (Å²) in [5.74, 6) is 0.846. The van der Waals surface area contributed by atoms with Crippen LogP contribution in [0.2, 0.25) is 0 Å². The molecular formula is C19H23NO3. The fourth-order valence-electron chi connectivity index (χ4n) is 2.83. The Labute approximate surface area is 137 Å². The van der Waals surface area contributed by atoms with Crippen molar-refractivity contribution in [2.75, 3.05) is 40.0 Å². The number of morpholine rings is 1. The molecule has 1 fully saturated rings. The average molecular weight is 313 g/mol. The van der Waals surface area contributed by atoms with Crippen molar-refractivity contribution in [3.05, 3.63) is 54.1 Å². The van der Waals surface area contributed by atoms with Crippen molar-refractivity contribution < 1.29 is 14.6 Å². The molecular weight excluding hydrogens is 290 g/mol. The molecule has 0 aromatic heterocycles. The highest BCUT2D eigenvalue weighted by Gasteiger charge is 2.16. The first-order chi connectivity index (χ1) is 11.3. The molecule has 1 atom stereocenters. The van der Waals surface area contributed by atoms with Crippen molar-refractivity contribution in [2.24, 2.45) is 0 Å². The third-order valence-electron chi connectivity index (χ3n) is 4.23. The largest absolute Gasteiger partial charge is 0.497 e. The summed E-state index contributed by atoms with van der Waals surface area (Å²) in [6.07, 6.45) is -0.465. The Morgan fingerprint density at radius 2 is 1.83 bits per heavy atom. The van der Waals surface area contributed by atoms with Crippen LogP contribution in [0.4, 0.5) is 0 Å². The van der Waals surface area contributed by atoms with Crippen LogP contribution >= 0.6 is 0 Å². The Hall–Kier alpha value is -1.88. The van der Waals surface area contributed by atoms with Gasteiger partial charge < -0.3 is 14.6 Å². The lowest BCUT2D eigenvalue weighted by Gasteiger charge is -2.28. The van der Waals surface area contributed by atoms with Crippen LogP contribution in [0.1, 0.15) is 11.7 Å². The first-order valence-electron chi connectivity index (χ1n) is 7.99. The van der Waals surface area contributed by atoms with Crippen LogP contribution in [0.5, 0.6) is 5.75 Å². The quantitative estimate of drug-likeness (QED) is 0.921. The van der Waals surface area contributed by atoms with Crippen molar-refractivity contribution >= 4 is 0 Å². The van der Waals surface area contributed by atoms with Gasteiger partial charge in [0.15, 0.2) is 0 Å². The molecule has 2 aromatic carbocycles. The highest BCUT2D eigenvalue weighted by Crippen LogP contribution is 2.25. The van der Waals surface area contributed by atoms with E-state index < -0.39 is 6.10 Å².